The average molecular weight is 290 g/mol. The molecule has 0 aliphatic carbocycles. The lowest BCUT2D eigenvalue weighted by molar-refractivity contribution is -0.136. The number of rotatable bonds is 3. The second kappa shape index (κ2) is 7.62. The van der Waals surface area contributed by atoms with Crippen molar-refractivity contribution in [3.8, 4) is 0 Å². The zero-order chi connectivity index (χ0) is 12.8. The van der Waals surface area contributed by atoms with Crippen LogP contribution in [0.1, 0.15) is 6.92 Å². The molecule has 4 nitrogen and oxygen atoms in total. The molecule has 2 saturated heterocycles. The molecule has 2 fully saturated rings. The molecule has 2 rings (SSSR count). The van der Waals surface area contributed by atoms with Crippen molar-refractivity contribution in [3.63, 3.8) is 0 Å². The molecule has 2 aliphatic rings. The largest absolute Gasteiger partial charge is 0.373 e. The molecule has 0 radical (unpaired) electrons. The minimum absolute atomic E-state index is 0.154. The van der Waals surface area contributed by atoms with Crippen molar-refractivity contribution < 1.29 is 9.53 Å². The van der Waals surface area contributed by atoms with E-state index in [1.54, 1.807) is 6.92 Å². The van der Waals surface area contributed by atoms with Gasteiger partial charge in [-0.05, 0) is 0 Å². The fraction of sp³-hybridized carbons (Fsp3) is 0.917. The Balaban J connectivity index is 1.70. The van der Waals surface area contributed by atoms with Crippen LogP contribution in [0.5, 0.6) is 0 Å². The predicted octanol–water partition coefficient (Wildman–Crippen LogP) is 0.672. The average Bonchev–Trinajstić information content (AvgIpc) is 2.65. The third-order valence-electron chi connectivity index (χ3n) is 3.23. The van der Waals surface area contributed by atoms with E-state index >= 15 is 0 Å². The van der Waals surface area contributed by atoms with Gasteiger partial charge in [0, 0.05) is 55.6 Å². The van der Waals surface area contributed by atoms with Crippen LogP contribution < -0.4 is 5.32 Å². The van der Waals surface area contributed by atoms with Gasteiger partial charge in [0.1, 0.15) is 0 Å². The highest BCUT2D eigenvalue weighted by atomic mass is 32.2. The van der Waals surface area contributed by atoms with Gasteiger partial charge in [0.05, 0.1) is 12.7 Å². The summed E-state index contributed by atoms with van der Waals surface area (Å²) in [7, 11) is 0. The van der Waals surface area contributed by atoms with E-state index in [1.807, 2.05) is 28.4 Å². The monoisotopic (exact) mass is 290 g/mol. The second-order valence-corrected chi connectivity index (χ2v) is 7.01. The van der Waals surface area contributed by atoms with E-state index in [0.717, 1.165) is 19.6 Å². The van der Waals surface area contributed by atoms with Gasteiger partial charge >= 0.3 is 0 Å². The summed E-state index contributed by atoms with van der Waals surface area (Å²) in [5, 5.41) is 3.59. The number of ether oxygens (including phenoxy) is 1. The molecule has 2 aliphatic heterocycles. The van der Waals surface area contributed by atoms with Crippen molar-refractivity contribution in [1.29, 1.82) is 0 Å². The summed E-state index contributed by atoms with van der Waals surface area (Å²) in [5.41, 5.74) is 0. The van der Waals surface area contributed by atoms with Crippen molar-refractivity contribution in [3.05, 3.63) is 0 Å². The summed E-state index contributed by atoms with van der Waals surface area (Å²) >= 11 is 4.05. The molecule has 0 spiro atoms. The van der Waals surface area contributed by atoms with Crippen molar-refractivity contribution in [2.24, 2.45) is 0 Å². The number of hydrogen-bond acceptors (Lipinski definition) is 5. The molecule has 18 heavy (non-hydrogen) atoms. The zero-order valence-electron chi connectivity index (χ0n) is 10.9. The number of morpholine rings is 1. The van der Waals surface area contributed by atoms with Crippen LogP contribution in [0.15, 0.2) is 0 Å². The standard InChI is InChI=1S/C12H22N2O2S2/c1-10(15)14-2-3-16-12(7-14)6-13-11-8-17-4-5-18-9-11/h11-13H,2-9H2,1H3. The van der Waals surface area contributed by atoms with E-state index in [-0.39, 0.29) is 12.0 Å². The van der Waals surface area contributed by atoms with E-state index in [1.165, 1.54) is 23.0 Å². The number of nitrogens with zero attached hydrogens (tertiary/aromatic N) is 1. The molecule has 0 aromatic rings. The second-order valence-electron chi connectivity index (χ2n) is 4.71. The molecular formula is C12H22N2O2S2. The molecule has 2 heterocycles. The zero-order valence-corrected chi connectivity index (χ0v) is 12.5. The van der Waals surface area contributed by atoms with Gasteiger partial charge in [0.15, 0.2) is 0 Å². The highest BCUT2D eigenvalue weighted by molar-refractivity contribution is 8.03. The summed E-state index contributed by atoms with van der Waals surface area (Å²) < 4.78 is 5.71. The fourth-order valence-electron chi connectivity index (χ4n) is 2.16. The SMILES string of the molecule is CC(=O)N1CCOC(CNC2CSCCSC2)C1. The van der Waals surface area contributed by atoms with Crippen LogP contribution in [-0.2, 0) is 9.53 Å². The highest BCUT2D eigenvalue weighted by Crippen LogP contribution is 2.16. The maximum absolute atomic E-state index is 11.3. The van der Waals surface area contributed by atoms with Gasteiger partial charge in [-0.2, -0.15) is 23.5 Å². The Hall–Kier alpha value is 0.0900. The Morgan fingerprint density at radius 3 is 2.78 bits per heavy atom. The molecule has 1 unspecified atom stereocenters. The molecule has 0 saturated carbocycles. The third-order valence-corrected chi connectivity index (χ3v) is 5.75. The normalized spacial score (nSPS) is 26.9. The Bertz CT molecular complexity index is 271. The highest BCUT2D eigenvalue weighted by Gasteiger charge is 2.23. The van der Waals surface area contributed by atoms with E-state index in [9.17, 15) is 4.79 Å². The molecular weight excluding hydrogens is 268 g/mol. The third kappa shape index (κ3) is 4.64. The summed E-state index contributed by atoms with van der Waals surface area (Å²) in [4.78, 5) is 13.2. The predicted molar refractivity (Wildman–Crippen MR) is 78.4 cm³/mol. The van der Waals surface area contributed by atoms with Crippen molar-refractivity contribution in [2.75, 3.05) is 49.3 Å². The van der Waals surface area contributed by atoms with E-state index in [2.05, 4.69) is 5.32 Å². The smallest absolute Gasteiger partial charge is 0.219 e. The first kappa shape index (κ1) is 14.5. The summed E-state index contributed by atoms with van der Waals surface area (Å²) in [5.74, 6) is 5.07. The van der Waals surface area contributed by atoms with Gasteiger partial charge < -0.3 is 15.0 Å². The molecule has 104 valence electrons. The maximum atomic E-state index is 11.3. The van der Waals surface area contributed by atoms with Crippen LogP contribution in [0, 0.1) is 0 Å². The molecule has 0 aromatic carbocycles. The maximum Gasteiger partial charge on any atom is 0.219 e. The molecule has 0 aromatic heterocycles. The molecule has 1 amide bonds. The minimum Gasteiger partial charge on any atom is -0.373 e. The number of carbonyl (C=O) groups excluding carboxylic acids is 1. The van der Waals surface area contributed by atoms with Gasteiger partial charge in [-0.3, -0.25) is 4.79 Å². The Labute approximate surface area is 118 Å². The van der Waals surface area contributed by atoms with Crippen LogP contribution >= 0.6 is 23.5 Å². The quantitative estimate of drug-likeness (QED) is 0.827. The number of hydrogen-bond donors (Lipinski definition) is 1. The lowest BCUT2D eigenvalue weighted by atomic mass is 10.2. The summed E-state index contributed by atoms with van der Waals surface area (Å²) in [6, 6.07) is 0.582. The topological polar surface area (TPSA) is 41.6 Å². The first-order valence-corrected chi connectivity index (χ1v) is 8.82. The fourth-order valence-corrected chi connectivity index (χ4v) is 4.63. The molecule has 1 N–H and O–H groups in total. The van der Waals surface area contributed by atoms with Crippen LogP contribution in [-0.4, -0.2) is 72.2 Å². The van der Waals surface area contributed by atoms with Crippen LogP contribution in [0.25, 0.3) is 0 Å². The Kier molecular flexibility index (Phi) is 6.14. The Morgan fingerprint density at radius 2 is 2.11 bits per heavy atom. The summed E-state index contributed by atoms with van der Waals surface area (Å²) in [6.07, 6.45) is 0.154. The van der Waals surface area contributed by atoms with Gasteiger partial charge in [-0.1, -0.05) is 0 Å². The first-order valence-electron chi connectivity index (χ1n) is 6.51. The van der Waals surface area contributed by atoms with Crippen molar-refractivity contribution in [1.82, 2.24) is 10.2 Å². The van der Waals surface area contributed by atoms with Gasteiger partial charge in [0.2, 0.25) is 5.91 Å². The molecule has 0 bridgehead atoms. The number of nitrogens with one attached hydrogen (secondary N) is 1. The van der Waals surface area contributed by atoms with Gasteiger partial charge in [-0.15, -0.1) is 0 Å². The van der Waals surface area contributed by atoms with Crippen molar-refractivity contribution >= 4 is 29.4 Å². The summed E-state index contributed by atoms with van der Waals surface area (Å²) in [6.45, 7) is 4.63. The number of amides is 1. The lowest BCUT2D eigenvalue weighted by Crippen LogP contribution is -2.50. The minimum atomic E-state index is 0.154. The molecule has 6 heteroatoms. The van der Waals surface area contributed by atoms with Crippen molar-refractivity contribution in [2.45, 2.75) is 19.1 Å². The van der Waals surface area contributed by atoms with Crippen LogP contribution in [0.4, 0.5) is 0 Å². The lowest BCUT2D eigenvalue weighted by Gasteiger charge is -2.33. The van der Waals surface area contributed by atoms with Gasteiger partial charge in [0.25, 0.3) is 0 Å². The number of carbonyl (C=O) groups is 1. The van der Waals surface area contributed by atoms with E-state index in [0.29, 0.717) is 12.6 Å². The number of thioether (sulfide) groups is 2. The van der Waals surface area contributed by atoms with E-state index in [4.69, 9.17) is 4.74 Å². The van der Waals surface area contributed by atoms with Gasteiger partial charge in [-0.25, -0.2) is 0 Å². The first-order chi connectivity index (χ1) is 8.75. The Morgan fingerprint density at radius 1 is 1.39 bits per heavy atom. The van der Waals surface area contributed by atoms with Crippen LogP contribution in [0.3, 0.4) is 0 Å². The van der Waals surface area contributed by atoms with E-state index < -0.39 is 0 Å². The van der Waals surface area contributed by atoms with Crippen LogP contribution in [0.2, 0.25) is 0 Å². The molecule has 1 atom stereocenters.